The van der Waals surface area contributed by atoms with E-state index in [9.17, 15) is 4.79 Å². The Hall–Kier alpha value is -2.63. The Bertz CT molecular complexity index is 729. The summed E-state index contributed by atoms with van der Waals surface area (Å²) in [4.78, 5) is 21.6. The van der Waals surface area contributed by atoms with Gasteiger partial charge in [-0.05, 0) is 43.2 Å². The van der Waals surface area contributed by atoms with Crippen LogP contribution in [0.15, 0.2) is 24.3 Å². The van der Waals surface area contributed by atoms with E-state index in [0.29, 0.717) is 5.69 Å². The monoisotopic (exact) mass is 325 g/mol. The molecule has 0 spiro atoms. The number of amides is 1. The van der Waals surface area contributed by atoms with Crippen LogP contribution >= 0.6 is 0 Å². The van der Waals surface area contributed by atoms with Crippen molar-refractivity contribution >= 4 is 23.9 Å². The minimum absolute atomic E-state index is 0.107. The Morgan fingerprint density at radius 1 is 1.21 bits per heavy atom. The van der Waals surface area contributed by atoms with Gasteiger partial charge in [0.25, 0.3) is 0 Å². The lowest BCUT2D eigenvalue weighted by molar-refractivity contribution is -0.108. The summed E-state index contributed by atoms with van der Waals surface area (Å²) < 4.78 is 0. The number of benzene rings is 1. The topological polar surface area (TPSA) is 98.1 Å². The van der Waals surface area contributed by atoms with Gasteiger partial charge in [-0.2, -0.15) is 4.98 Å². The lowest BCUT2D eigenvalue weighted by Crippen LogP contribution is -2.40. The Morgan fingerprint density at radius 2 is 1.92 bits per heavy atom. The molecule has 0 aliphatic carbocycles. The minimum atomic E-state index is 0.107. The molecule has 1 aliphatic heterocycles. The largest absolute Gasteiger partial charge is 0.382 e. The number of anilines is 3. The molecule has 6 heteroatoms. The van der Waals surface area contributed by atoms with Gasteiger partial charge in [0.1, 0.15) is 5.69 Å². The molecule has 2 heterocycles. The van der Waals surface area contributed by atoms with Crippen molar-refractivity contribution in [1.82, 2.24) is 9.97 Å². The number of hydrogen-bond donors (Lipinski definition) is 2. The van der Waals surface area contributed by atoms with Crippen molar-refractivity contribution in [2.75, 3.05) is 16.4 Å². The van der Waals surface area contributed by atoms with Crippen LogP contribution < -0.4 is 16.4 Å². The molecular formula is C18H23N5O. The van der Waals surface area contributed by atoms with Crippen molar-refractivity contribution in [3.8, 4) is 0 Å². The third-order valence-electron chi connectivity index (χ3n) is 4.68. The van der Waals surface area contributed by atoms with Crippen molar-refractivity contribution in [2.24, 2.45) is 0 Å². The van der Waals surface area contributed by atoms with E-state index in [4.69, 9.17) is 11.5 Å². The fourth-order valence-electron chi connectivity index (χ4n) is 3.32. The summed E-state index contributed by atoms with van der Waals surface area (Å²) in [6, 6.07) is 8.77. The molecule has 1 aromatic heterocycles. The van der Waals surface area contributed by atoms with Crippen LogP contribution in [0.1, 0.15) is 36.6 Å². The molecule has 0 bridgehead atoms. The van der Waals surface area contributed by atoms with Gasteiger partial charge in [0.2, 0.25) is 12.4 Å². The van der Waals surface area contributed by atoms with E-state index in [1.54, 1.807) is 4.90 Å². The standard InChI is InChI=1S/C18H23N5O/c1-2-12-3-5-13(6-4-12)7-8-14-9-10-15-16(23(14)11-24)17(19)22-18(20)21-15/h3-6,11,14H,2,7-10H2,1H3,(H4,19,20,21,22). The van der Waals surface area contributed by atoms with Gasteiger partial charge in [-0.1, -0.05) is 31.2 Å². The summed E-state index contributed by atoms with van der Waals surface area (Å²) in [7, 11) is 0. The number of carbonyl (C=O) groups excluding carboxylic acids is 1. The number of fused-ring (bicyclic) bond motifs is 1. The predicted molar refractivity (Wildman–Crippen MR) is 95.6 cm³/mol. The van der Waals surface area contributed by atoms with Crippen LogP contribution in [-0.4, -0.2) is 22.4 Å². The van der Waals surface area contributed by atoms with Crippen LogP contribution in [-0.2, 0) is 24.1 Å². The molecule has 6 nitrogen and oxygen atoms in total. The smallest absolute Gasteiger partial charge is 0.222 e. The van der Waals surface area contributed by atoms with E-state index in [-0.39, 0.29) is 17.8 Å². The number of hydrogen-bond acceptors (Lipinski definition) is 5. The zero-order chi connectivity index (χ0) is 17.1. The van der Waals surface area contributed by atoms with Crippen LogP contribution in [0.3, 0.4) is 0 Å². The maximum atomic E-state index is 11.6. The molecule has 2 aromatic rings. The average molecular weight is 325 g/mol. The lowest BCUT2D eigenvalue weighted by atomic mass is 9.94. The third-order valence-corrected chi connectivity index (χ3v) is 4.68. The van der Waals surface area contributed by atoms with E-state index in [0.717, 1.165) is 44.2 Å². The summed E-state index contributed by atoms with van der Waals surface area (Å²) in [5.41, 5.74) is 15.6. The average Bonchev–Trinajstić information content (AvgIpc) is 2.59. The molecule has 3 rings (SSSR count). The Kier molecular flexibility index (Phi) is 4.64. The normalized spacial score (nSPS) is 16.7. The Balaban J connectivity index is 1.75. The fraction of sp³-hybridized carbons (Fsp3) is 0.389. The Labute approximate surface area is 141 Å². The van der Waals surface area contributed by atoms with Crippen LogP contribution in [0.4, 0.5) is 17.5 Å². The van der Waals surface area contributed by atoms with Gasteiger partial charge < -0.3 is 16.4 Å². The van der Waals surface area contributed by atoms with Crippen molar-refractivity contribution in [1.29, 1.82) is 0 Å². The molecule has 0 radical (unpaired) electrons. The van der Waals surface area contributed by atoms with Crippen molar-refractivity contribution in [3.63, 3.8) is 0 Å². The highest BCUT2D eigenvalue weighted by atomic mass is 16.1. The molecule has 0 saturated heterocycles. The van der Waals surface area contributed by atoms with E-state index >= 15 is 0 Å². The van der Waals surface area contributed by atoms with Gasteiger partial charge in [0, 0.05) is 6.04 Å². The quantitative estimate of drug-likeness (QED) is 0.820. The number of aromatic nitrogens is 2. The molecule has 0 saturated carbocycles. The van der Waals surface area contributed by atoms with Crippen molar-refractivity contribution in [2.45, 2.75) is 45.1 Å². The van der Waals surface area contributed by atoms with Crippen LogP contribution in [0.5, 0.6) is 0 Å². The molecule has 4 N–H and O–H groups in total. The number of aryl methyl sites for hydroxylation is 3. The van der Waals surface area contributed by atoms with E-state index in [1.165, 1.54) is 11.1 Å². The molecule has 24 heavy (non-hydrogen) atoms. The second kappa shape index (κ2) is 6.86. The maximum Gasteiger partial charge on any atom is 0.222 e. The zero-order valence-electron chi connectivity index (χ0n) is 13.9. The summed E-state index contributed by atoms with van der Waals surface area (Å²) in [5.74, 6) is 0.438. The van der Waals surface area contributed by atoms with Crippen LogP contribution in [0.25, 0.3) is 0 Å². The zero-order valence-corrected chi connectivity index (χ0v) is 13.9. The highest BCUT2D eigenvalue weighted by Crippen LogP contribution is 2.34. The number of nitrogen functional groups attached to an aromatic ring is 2. The first-order chi connectivity index (χ1) is 11.6. The molecular weight excluding hydrogens is 302 g/mol. The highest BCUT2D eigenvalue weighted by molar-refractivity contribution is 5.84. The minimum Gasteiger partial charge on any atom is -0.382 e. The molecule has 1 unspecified atom stereocenters. The number of nitrogens with two attached hydrogens (primary N) is 2. The van der Waals surface area contributed by atoms with Gasteiger partial charge in [0.05, 0.1) is 5.69 Å². The second-order valence-corrected chi connectivity index (χ2v) is 6.18. The number of nitrogens with zero attached hydrogens (tertiary/aromatic N) is 3. The molecule has 0 fully saturated rings. The van der Waals surface area contributed by atoms with E-state index in [1.807, 2.05) is 0 Å². The molecule has 1 aliphatic rings. The predicted octanol–water partition coefficient (Wildman–Crippen LogP) is 2.11. The van der Waals surface area contributed by atoms with Gasteiger partial charge in [0.15, 0.2) is 5.82 Å². The first kappa shape index (κ1) is 16.2. The second-order valence-electron chi connectivity index (χ2n) is 6.18. The lowest BCUT2D eigenvalue weighted by Gasteiger charge is -2.34. The van der Waals surface area contributed by atoms with E-state index < -0.39 is 0 Å². The van der Waals surface area contributed by atoms with Crippen LogP contribution in [0.2, 0.25) is 0 Å². The summed E-state index contributed by atoms with van der Waals surface area (Å²) in [6.45, 7) is 2.15. The summed E-state index contributed by atoms with van der Waals surface area (Å²) in [6.07, 6.45) is 5.29. The van der Waals surface area contributed by atoms with Gasteiger partial charge in [-0.25, -0.2) is 4.98 Å². The first-order valence-electron chi connectivity index (χ1n) is 8.35. The number of carbonyl (C=O) groups is 1. The van der Waals surface area contributed by atoms with E-state index in [2.05, 4.69) is 41.2 Å². The van der Waals surface area contributed by atoms with Crippen molar-refractivity contribution in [3.05, 3.63) is 41.1 Å². The van der Waals surface area contributed by atoms with Gasteiger partial charge in [-0.15, -0.1) is 0 Å². The first-order valence-corrected chi connectivity index (χ1v) is 8.35. The van der Waals surface area contributed by atoms with Gasteiger partial charge >= 0.3 is 0 Å². The SMILES string of the molecule is CCc1ccc(CCC2CCc3nc(N)nc(N)c3N2C=O)cc1. The molecule has 126 valence electrons. The van der Waals surface area contributed by atoms with Gasteiger partial charge in [-0.3, -0.25) is 4.79 Å². The fourth-order valence-corrected chi connectivity index (χ4v) is 3.32. The third kappa shape index (κ3) is 3.18. The molecule has 1 atom stereocenters. The summed E-state index contributed by atoms with van der Waals surface area (Å²) >= 11 is 0. The maximum absolute atomic E-state index is 11.6. The highest BCUT2D eigenvalue weighted by Gasteiger charge is 2.29. The van der Waals surface area contributed by atoms with Crippen LogP contribution in [0, 0.1) is 0 Å². The summed E-state index contributed by atoms with van der Waals surface area (Å²) in [5, 5.41) is 0. The van der Waals surface area contributed by atoms with Crippen molar-refractivity contribution < 1.29 is 4.79 Å². The number of rotatable bonds is 5. The molecule has 1 amide bonds. The Morgan fingerprint density at radius 3 is 2.58 bits per heavy atom. The molecule has 1 aromatic carbocycles.